The Morgan fingerprint density at radius 1 is 0.538 bits per heavy atom. The Bertz CT molecular complexity index is 441. The van der Waals surface area contributed by atoms with Crippen LogP contribution in [0.2, 0.25) is 0 Å². The average Bonchev–Trinajstić information content (AvgIpc) is 2.50. The highest BCUT2D eigenvalue weighted by molar-refractivity contribution is 5.81. The van der Waals surface area contributed by atoms with Crippen molar-refractivity contribution in [2.45, 2.75) is 34.1 Å². The molecule has 0 spiro atoms. The van der Waals surface area contributed by atoms with E-state index in [1.54, 1.807) is 0 Å². The summed E-state index contributed by atoms with van der Waals surface area (Å²) in [5.41, 5.74) is 0. The van der Waals surface area contributed by atoms with Gasteiger partial charge in [0.15, 0.2) is 28.9 Å². The number of carbonyl (C=O) groups excluding carboxylic acids is 5. The molecule has 0 aliphatic carbocycles. The molecule has 0 N–H and O–H groups in total. The minimum absolute atomic E-state index is 0.000833. The van der Waals surface area contributed by atoms with Crippen LogP contribution in [0.1, 0.15) is 34.1 Å². The summed E-state index contributed by atoms with van der Waals surface area (Å²) in [7, 11) is 0. The van der Waals surface area contributed by atoms with Crippen LogP contribution in [0.3, 0.4) is 0 Å². The standard InChI is InChI=1S/C10H16O5.C7H12O4/c1-8(11)5-14-4-3-10(13)7-15-6-9(2)12;1-6(8)3-10-5-11-4-7(2)9/h3-7H2,1-2H3;3-5H2,1-2H3. The molecule has 0 aliphatic rings. The van der Waals surface area contributed by atoms with E-state index in [-0.39, 0.29) is 81.8 Å². The molecule has 9 heteroatoms. The van der Waals surface area contributed by atoms with Crippen LogP contribution in [0, 0.1) is 0 Å². The second kappa shape index (κ2) is 18.0. The summed E-state index contributed by atoms with van der Waals surface area (Å²) in [4.78, 5) is 52.6. The van der Waals surface area contributed by atoms with Crippen LogP contribution in [0.5, 0.6) is 0 Å². The Kier molecular flexibility index (Phi) is 18.3. The van der Waals surface area contributed by atoms with E-state index >= 15 is 0 Å². The molecule has 0 bridgehead atoms. The molecule has 0 fully saturated rings. The van der Waals surface area contributed by atoms with Gasteiger partial charge < -0.3 is 18.9 Å². The lowest BCUT2D eigenvalue weighted by Gasteiger charge is -2.02. The van der Waals surface area contributed by atoms with Gasteiger partial charge in [0.25, 0.3) is 0 Å². The van der Waals surface area contributed by atoms with Crippen LogP contribution in [-0.2, 0) is 42.9 Å². The second-order valence-corrected chi connectivity index (χ2v) is 5.46. The lowest BCUT2D eigenvalue weighted by molar-refractivity contribution is -0.133. The van der Waals surface area contributed by atoms with Gasteiger partial charge in [0.2, 0.25) is 0 Å². The van der Waals surface area contributed by atoms with E-state index in [0.717, 1.165) is 0 Å². The largest absolute Gasteiger partial charge is 0.373 e. The van der Waals surface area contributed by atoms with Crippen molar-refractivity contribution < 1.29 is 42.9 Å². The maximum absolute atomic E-state index is 11.1. The first-order chi connectivity index (χ1) is 12.1. The van der Waals surface area contributed by atoms with Gasteiger partial charge in [0.05, 0.1) is 6.61 Å². The third kappa shape index (κ3) is 27.1. The van der Waals surface area contributed by atoms with Crippen molar-refractivity contribution in [3.05, 3.63) is 0 Å². The molecule has 0 aromatic rings. The lowest BCUT2D eigenvalue weighted by Crippen LogP contribution is -2.15. The zero-order chi connectivity index (χ0) is 20.4. The fourth-order valence-corrected chi connectivity index (χ4v) is 1.21. The minimum atomic E-state index is -0.139. The maximum Gasteiger partial charge on any atom is 0.160 e. The summed E-state index contributed by atoms with van der Waals surface area (Å²) >= 11 is 0. The van der Waals surface area contributed by atoms with E-state index in [4.69, 9.17) is 18.9 Å². The number of ether oxygens (including phenoxy) is 4. The molecule has 26 heavy (non-hydrogen) atoms. The molecule has 0 atom stereocenters. The van der Waals surface area contributed by atoms with Gasteiger partial charge in [-0.25, -0.2) is 0 Å². The molecule has 9 nitrogen and oxygen atoms in total. The molecule has 0 aliphatic heterocycles. The van der Waals surface area contributed by atoms with E-state index in [1.165, 1.54) is 27.7 Å². The number of rotatable bonds is 15. The SMILES string of the molecule is CC(=O)COCCC(=O)COCC(C)=O.CC(=O)COCOCC(C)=O. The number of hydrogen-bond donors (Lipinski definition) is 0. The Balaban J connectivity index is 0. The third-order valence-electron chi connectivity index (χ3n) is 2.18. The van der Waals surface area contributed by atoms with Gasteiger partial charge in [0.1, 0.15) is 39.8 Å². The summed E-state index contributed by atoms with van der Waals surface area (Å²) in [6.07, 6.45) is 0.200. The van der Waals surface area contributed by atoms with E-state index in [9.17, 15) is 24.0 Å². The van der Waals surface area contributed by atoms with Crippen LogP contribution in [0.15, 0.2) is 0 Å². The summed E-state index contributed by atoms with van der Waals surface area (Å²) in [5, 5.41) is 0. The van der Waals surface area contributed by atoms with E-state index < -0.39 is 0 Å². The van der Waals surface area contributed by atoms with Crippen LogP contribution in [-0.4, -0.2) is 75.4 Å². The fraction of sp³-hybridized carbons (Fsp3) is 0.706. The molecule has 0 saturated carbocycles. The van der Waals surface area contributed by atoms with E-state index in [1.807, 2.05) is 0 Å². The van der Waals surface area contributed by atoms with Gasteiger partial charge >= 0.3 is 0 Å². The maximum atomic E-state index is 11.1. The normalized spacial score (nSPS) is 9.85. The van der Waals surface area contributed by atoms with Gasteiger partial charge in [-0.2, -0.15) is 0 Å². The quantitative estimate of drug-likeness (QED) is 0.293. The smallest absolute Gasteiger partial charge is 0.160 e. The molecule has 0 heterocycles. The van der Waals surface area contributed by atoms with Gasteiger partial charge in [-0.1, -0.05) is 0 Å². The molecule has 0 unspecified atom stereocenters. The molecule has 0 amide bonds. The Morgan fingerprint density at radius 2 is 0.923 bits per heavy atom. The Hall–Kier alpha value is -1.81. The highest BCUT2D eigenvalue weighted by Crippen LogP contribution is 1.88. The molecule has 0 aromatic carbocycles. The van der Waals surface area contributed by atoms with E-state index in [0.29, 0.717) is 0 Å². The first-order valence-corrected chi connectivity index (χ1v) is 7.95. The van der Waals surface area contributed by atoms with Crippen molar-refractivity contribution in [2.24, 2.45) is 0 Å². The van der Waals surface area contributed by atoms with Crippen molar-refractivity contribution in [2.75, 3.05) is 46.4 Å². The van der Waals surface area contributed by atoms with Crippen molar-refractivity contribution in [3.8, 4) is 0 Å². The highest BCUT2D eigenvalue weighted by atomic mass is 16.7. The summed E-state index contributed by atoms with van der Waals surface area (Å²) in [5.74, 6) is -0.446. The Morgan fingerprint density at radius 3 is 1.35 bits per heavy atom. The van der Waals surface area contributed by atoms with Gasteiger partial charge in [-0.15, -0.1) is 0 Å². The molecular formula is C17H28O9. The van der Waals surface area contributed by atoms with Crippen LogP contribution >= 0.6 is 0 Å². The number of hydrogen-bond acceptors (Lipinski definition) is 9. The van der Waals surface area contributed by atoms with Crippen LogP contribution in [0.25, 0.3) is 0 Å². The van der Waals surface area contributed by atoms with Crippen molar-refractivity contribution in [1.29, 1.82) is 0 Å². The first kappa shape index (κ1) is 26.4. The lowest BCUT2D eigenvalue weighted by atomic mass is 10.3. The summed E-state index contributed by atoms with van der Waals surface area (Å²) in [6.45, 7) is 5.84. The number of Topliss-reactive ketones (excluding diaryl/α,β-unsaturated/α-hetero) is 5. The molecular weight excluding hydrogens is 348 g/mol. The minimum Gasteiger partial charge on any atom is -0.373 e. The van der Waals surface area contributed by atoms with E-state index in [2.05, 4.69) is 0 Å². The molecule has 0 saturated heterocycles. The number of carbonyl (C=O) groups is 5. The molecule has 0 radical (unpaired) electrons. The van der Waals surface area contributed by atoms with Crippen LogP contribution < -0.4 is 0 Å². The van der Waals surface area contributed by atoms with Crippen molar-refractivity contribution in [3.63, 3.8) is 0 Å². The average molecular weight is 376 g/mol. The highest BCUT2D eigenvalue weighted by Gasteiger charge is 2.03. The molecule has 0 rings (SSSR count). The molecule has 0 aromatic heterocycles. The van der Waals surface area contributed by atoms with Crippen molar-refractivity contribution >= 4 is 28.9 Å². The second-order valence-electron chi connectivity index (χ2n) is 5.46. The third-order valence-corrected chi connectivity index (χ3v) is 2.18. The van der Waals surface area contributed by atoms with Crippen molar-refractivity contribution in [1.82, 2.24) is 0 Å². The van der Waals surface area contributed by atoms with Gasteiger partial charge in [-0.3, -0.25) is 24.0 Å². The predicted octanol–water partition coefficient (Wildman–Crippen LogP) is 0.312. The van der Waals surface area contributed by atoms with Crippen LogP contribution in [0.4, 0.5) is 0 Å². The monoisotopic (exact) mass is 376 g/mol. The van der Waals surface area contributed by atoms with Gasteiger partial charge in [-0.05, 0) is 27.7 Å². The van der Waals surface area contributed by atoms with Gasteiger partial charge in [0, 0.05) is 6.42 Å². The first-order valence-electron chi connectivity index (χ1n) is 7.95. The summed E-state index contributed by atoms with van der Waals surface area (Å²) < 4.78 is 19.2. The number of ketones is 5. The molecule has 150 valence electrons. The topological polar surface area (TPSA) is 122 Å². The zero-order valence-electron chi connectivity index (χ0n) is 15.8. The predicted molar refractivity (Wildman–Crippen MR) is 90.8 cm³/mol. The fourth-order valence-electron chi connectivity index (χ4n) is 1.21. The zero-order valence-corrected chi connectivity index (χ0v) is 15.8. The Labute approximate surface area is 153 Å². The summed E-state index contributed by atoms with van der Waals surface area (Å²) in [6, 6.07) is 0.